The summed E-state index contributed by atoms with van der Waals surface area (Å²) < 4.78 is 42.5. The van der Waals surface area contributed by atoms with E-state index in [-0.39, 0.29) is 17.4 Å². The first-order valence-corrected chi connectivity index (χ1v) is 5.50. The van der Waals surface area contributed by atoms with Crippen LogP contribution in [0.4, 0.5) is 13.2 Å². The SMILES string of the molecule is CCC(C)c1nn2ccnc2cc1OC(F)(F)F. The number of aromatic nitrogens is 3. The molecule has 2 heterocycles. The fraction of sp³-hybridized carbons (Fsp3) is 0.455. The molecule has 0 aromatic carbocycles. The summed E-state index contributed by atoms with van der Waals surface area (Å²) in [7, 11) is 0. The predicted molar refractivity (Wildman–Crippen MR) is 58.4 cm³/mol. The quantitative estimate of drug-likeness (QED) is 0.850. The van der Waals surface area contributed by atoms with Crippen molar-refractivity contribution in [2.24, 2.45) is 0 Å². The fourth-order valence-corrected chi connectivity index (χ4v) is 1.59. The number of ether oxygens (including phenoxy) is 1. The summed E-state index contributed by atoms with van der Waals surface area (Å²) in [5.74, 6) is -0.412. The Hall–Kier alpha value is -1.79. The minimum atomic E-state index is -4.73. The lowest BCUT2D eigenvalue weighted by Gasteiger charge is -2.16. The van der Waals surface area contributed by atoms with Crippen molar-refractivity contribution in [3.8, 4) is 5.75 Å². The average molecular weight is 259 g/mol. The number of imidazole rings is 1. The summed E-state index contributed by atoms with van der Waals surface area (Å²) >= 11 is 0. The molecule has 0 saturated carbocycles. The summed E-state index contributed by atoms with van der Waals surface area (Å²) in [6.45, 7) is 3.68. The second kappa shape index (κ2) is 4.47. The number of hydrogen-bond donors (Lipinski definition) is 0. The summed E-state index contributed by atoms with van der Waals surface area (Å²) in [6, 6.07) is 1.25. The molecule has 2 aromatic heterocycles. The van der Waals surface area contributed by atoms with E-state index in [2.05, 4.69) is 14.8 Å². The lowest BCUT2D eigenvalue weighted by Crippen LogP contribution is -2.19. The van der Waals surface area contributed by atoms with E-state index in [1.165, 1.54) is 16.8 Å². The van der Waals surface area contributed by atoms with Gasteiger partial charge in [0.05, 0.1) is 0 Å². The molecular weight excluding hydrogens is 247 g/mol. The van der Waals surface area contributed by atoms with Crippen LogP contribution in [0.15, 0.2) is 18.5 Å². The lowest BCUT2D eigenvalue weighted by molar-refractivity contribution is -0.275. The minimum absolute atomic E-state index is 0.130. The number of hydrogen-bond acceptors (Lipinski definition) is 3. The standard InChI is InChI=1S/C11H12F3N3O/c1-3-7(2)10-8(18-11(12,13)14)6-9-15-4-5-17(9)16-10/h4-7H,3H2,1-2H3. The molecule has 2 rings (SSSR count). The third-order valence-electron chi connectivity index (χ3n) is 2.68. The molecule has 2 aromatic rings. The summed E-state index contributed by atoms with van der Waals surface area (Å²) in [5.41, 5.74) is 0.599. The predicted octanol–water partition coefficient (Wildman–Crippen LogP) is 3.14. The molecule has 0 amide bonds. The van der Waals surface area contributed by atoms with Crippen LogP contribution in [0.2, 0.25) is 0 Å². The van der Waals surface area contributed by atoms with Crippen molar-refractivity contribution in [3.63, 3.8) is 0 Å². The van der Waals surface area contributed by atoms with E-state index in [1.807, 2.05) is 6.92 Å². The van der Waals surface area contributed by atoms with Gasteiger partial charge in [-0.1, -0.05) is 13.8 Å². The second-order valence-corrected chi connectivity index (χ2v) is 3.98. The summed E-state index contributed by atoms with van der Waals surface area (Å²) in [4.78, 5) is 3.89. The van der Waals surface area contributed by atoms with Crippen LogP contribution in [0, 0.1) is 0 Å². The largest absolute Gasteiger partial charge is 0.573 e. The Balaban J connectivity index is 2.52. The van der Waals surface area contributed by atoms with E-state index in [0.29, 0.717) is 12.1 Å². The first kappa shape index (κ1) is 12.7. The normalized spacial score (nSPS) is 13.8. The molecule has 0 bridgehead atoms. The molecule has 1 unspecified atom stereocenters. The van der Waals surface area contributed by atoms with Gasteiger partial charge in [-0.05, 0) is 6.42 Å². The highest BCUT2D eigenvalue weighted by atomic mass is 19.4. The Morgan fingerprint density at radius 2 is 2.17 bits per heavy atom. The van der Waals surface area contributed by atoms with Crippen LogP contribution in [0.1, 0.15) is 31.9 Å². The Bertz CT molecular complexity index is 550. The van der Waals surface area contributed by atoms with Gasteiger partial charge in [-0.15, -0.1) is 13.2 Å². The van der Waals surface area contributed by atoms with E-state index in [1.54, 1.807) is 13.1 Å². The maximum atomic E-state index is 12.3. The van der Waals surface area contributed by atoms with Crippen LogP contribution in [-0.2, 0) is 0 Å². The van der Waals surface area contributed by atoms with Gasteiger partial charge in [-0.25, -0.2) is 9.50 Å². The zero-order valence-electron chi connectivity index (χ0n) is 9.90. The summed E-state index contributed by atoms with van der Waals surface area (Å²) in [6.07, 6.45) is -1.01. The Labute approximate surface area is 101 Å². The van der Waals surface area contributed by atoms with E-state index >= 15 is 0 Å². The lowest BCUT2D eigenvalue weighted by atomic mass is 10.0. The molecular formula is C11H12F3N3O. The zero-order valence-corrected chi connectivity index (χ0v) is 9.90. The van der Waals surface area contributed by atoms with Crippen LogP contribution >= 0.6 is 0 Å². The fourth-order valence-electron chi connectivity index (χ4n) is 1.59. The average Bonchev–Trinajstić information content (AvgIpc) is 2.71. The highest BCUT2D eigenvalue weighted by molar-refractivity contribution is 5.45. The van der Waals surface area contributed by atoms with Gasteiger partial charge < -0.3 is 4.74 Å². The van der Waals surface area contributed by atoms with Crippen molar-refractivity contribution in [2.45, 2.75) is 32.5 Å². The number of nitrogens with zero attached hydrogens (tertiary/aromatic N) is 3. The maximum Gasteiger partial charge on any atom is 0.573 e. The maximum absolute atomic E-state index is 12.3. The zero-order chi connectivity index (χ0) is 13.3. The molecule has 0 aliphatic rings. The summed E-state index contributed by atoms with van der Waals surface area (Å²) in [5, 5.41) is 4.12. The molecule has 98 valence electrons. The van der Waals surface area contributed by atoms with Crippen LogP contribution in [0.3, 0.4) is 0 Å². The van der Waals surface area contributed by atoms with E-state index in [0.717, 1.165) is 0 Å². The Morgan fingerprint density at radius 3 is 2.78 bits per heavy atom. The van der Waals surface area contributed by atoms with E-state index in [4.69, 9.17) is 0 Å². The molecule has 0 aliphatic heterocycles. The molecule has 0 aliphatic carbocycles. The third kappa shape index (κ3) is 2.55. The molecule has 0 N–H and O–H groups in total. The molecule has 1 atom stereocenters. The van der Waals surface area contributed by atoms with E-state index in [9.17, 15) is 13.2 Å². The smallest absolute Gasteiger partial charge is 0.404 e. The Kier molecular flexibility index (Phi) is 3.14. The van der Waals surface area contributed by atoms with Gasteiger partial charge in [0.15, 0.2) is 11.4 Å². The minimum Gasteiger partial charge on any atom is -0.404 e. The molecule has 0 spiro atoms. The van der Waals surface area contributed by atoms with E-state index < -0.39 is 6.36 Å². The topological polar surface area (TPSA) is 39.4 Å². The van der Waals surface area contributed by atoms with Crippen LogP contribution in [0.25, 0.3) is 5.65 Å². The van der Waals surface area contributed by atoms with Crippen LogP contribution < -0.4 is 4.74 Å². The van der Waals surface area contributed by atoms with Crippen molar-refractivity contribution in [1.29, 1.82) is 0 Å². The van der Waals surface area contributed by atoms with Gasteiger partial charge in [0, 0.05) is 24.4 Å². The molecule has 4 nitrogen and oxygen atoms in total. The molecule has 0 fully saturated rings. The van der Waals surface area contributed by atoms with Gasteiger partial charge in [-0.2, -0.15) is 5.10 Å². The number of fused-ring (bicyclic) bond motifs is 1. The number of alkyl halides is 3. The van der Waals surface area contributed by atoms with Crippen molar-refractivity contribution in [3.05, 3.63) is 24.2 Å². The highest BCUT2D eigenvalue weighted by Gasteiger charge is 2.33. The van der Waals surface area contributed by atoms with Crippen LogP contribution in [0.5, 0.6) is 5.75 Å². The van der Waals surface area contributed by atoms with Crippen LogP contribution in [-0.4, -0.2) is 21.0 Å². The highest BCUT2D eigenvalue weighted by Crippen LogP contribution is 2.31. The van der Waals surface area contributed by atoms with Crippen molar-refractivity contribution < 1.29 is 17.9 Å². The molecule has 18 heavy (non-hydrogen) atoms. The van der Waals surface area contributed by atoms with Crippen molar-refractivity contribution in [1.82, 2.24) is 14.6 Å². The number of rotatable bonds is 3. The van der Waals surface area contributed by atoms with Crippen molar-refractivity contribution >= 4 is 5.65 Å². The second-order valence-electron chi connectivity index (χ2n) is 3.98. The third-order valence-corrected chi connectivity index (χ3v) is 2.68. The monoisotopic (exact) mass is 259 g/mol. The molecule has 0 saturated heterocycles. The first-order chi connectivity index (χ1) is 8.40. The molecule has 7 heteroatoms. The molecule has 0 radical (unpaired) electrons. The van der Waals surface area contributed by atoms with Gasteiger partial charge >= 0.3 is 6.36 Å². The van der Waals surface area contributed by atoms with Gasteiger partial charge in [0.2, 0.25) is 0 Å². The number of halogens is 3. The van der Waals surface area contributed by atoms with Gasteiger partial charge in [0.1, 0.15) is 5.69 Å². The first-order valence-electron chi connectivity index (χ1n) is 5.50. The van der Waals surface area contributed by atoms with Gasteiger partial charge in [0.25, 0.3) is 0 Å². The van der Waals surface area contributed by atoms with Crippen molar-refractivity contribution in [2.75, 3.05) is 0 Å². The Morgan fingerprint density at radius 1 is 1.44 bits per heavy atom. The van der Waals surface area contributed by atoms with Gasteiger partial charge in [-0.3, -0.25) is 0 Å².